The van der Waals surface area contributed by atoms with E-state index in [9.17, 15) is 4.79 Å². The van der Waals surface area contributed by atoms with Crippen LogP contribution in [0.15, 0.2) is 24.3 Å². The fourth-order valence-corrected chi connectivity index (χ4v) is 2.44. The van der Waals surface area contributed by atoms with E-state index in [2.05, 4.69) is 50.4 Å². The molecule has 2 rings (SSSR count). The van der Waals surface area contributed by atoms with Crippen LogP contribution in [0.5, 0.6) is 0 Å². The molecule has 1 heterocycles. The third-order valence-electron chi connectivity index (χ3n) is 3.66. The van der Waals surface area contributed by atoms with Crippen molar-refractivity contribution in [3.8, 4) is 0 Å². The first-order valence-electron chi connectivity index (χ1n) is 6.86. The van der Waals surface area contributed by atoms with Crippen molar-refractivity contribution in [2.45, 2.75) is 57.9 Å². The lowest BCUT2D eigenvalue weighted by Crippen LogP contribution is -2.26. The standard InChI is InChI=1S/C16H23NO/c1-16(2,3)13-10-8-12(9-11-13)14-6-4-5-7-15(18)17-14/h8-11,14H,4-7H2,1-3H3,(H,17,18). The third-order valence-corrected chi connectivity index (χ3v) is 3.66. The van der Waals surface area contributed by atoms with Crippen LogP contribution in [0.1, 0.15) is 63.6 Å². The highest BCUT2D eigenvalue weighted by Gasteiger charge is 2.19. The largest absolute Gasteiger partial charge is 0.349 e. The van der Waals surface area contributed by atoms with E-state index in [1.54, 1.807) is 0 Å². The monoisotopic (exact) mass is 245 g/mol. The van der Waals surface area contributed by atoms with Crippen LogP contribution in [-0.2, 0) is 10.2 Å². The molecule has 0 aliphatic carbocycles. The Labute approximate surface area is 110 Å². The Balaban J connectivity index is 2.16. The molecule has 0 radical (unpaired) electrons. The Morgan fingerprint density at radius 2 is 1.78 bits per heavy atom. The molecule has 1 aromatic carbocycles. The maximum absolute atomic E-state index is 11.6. The lowest BCUT2D eigenvalue weighted by Gasteiger charge is -2.21. The summed E-state index contributed by atoms with van der Waals surface area (Å²) in [5.74, 6) is 0.192. The molecule has 0 saturated carbocycles. The van der Waals surface area contributed by atoms with Crippen LogP contribution in [0.4, 0.5) is 0 Å². The van der Waals surface area contributed by atoms with Crippen molar-refractivity contribution >= 4 is 5.91 Å². The molecule has 1 atom stereocenters. The van der Waals surface area contributed by atoms with Gasteiger partial charge in [0.15, 0.2) is 0 Å². The van der Waals surface area contributed by atoms with E-state index in [1.807, 2.05) is 0 Å². The fourth-order valence-electron chi connectivity index (χ4n) is 2.44. The lowest BCUT2D eigenvalue weighted by atomic mass is 9.86. The molecule has 1 aromatic rings. The molecule has 0 bridgehead atoms. The zero-order valence-electron chi connectivity index (χ0n) is 11.6. The predicted octanol–water partition coefficient (Wildman–Crippen LogP) is 3.72. The van der Waals surface area contributed by atoms with Gasteiger partial charge in [0, 0.05) is 6.42 Å². The van der Waals surface area contributed by atoms with Crippen LogP contribution in [0.2, 0.25) is 0 Å². The second-order valence-corrected chi connectivity index (χ2v) is 6.24. The summed E-state index contributed by atoms with van der Waals surface area (Å²) in [6.07, 6.45) is 3.88. The van der Waals surface area contributed by atoms with Crippen molar-refractivity contribution < 1.29 is 4.79 Å². The molecule has 18 heavy (non-hydrogen) atoms. The molecule has 0 spiro atoms. The van der Waals surface area contributed by atoms with Gasteiger partial charge in [-0.25, -0.2) is 0 Å². The Bertz CT molecular complexity index is 414. The Morgan fingerprint density at radius 1 is 1.11 bits per heavy atom. The molecule has 1 N–H and O–H groups in total. The second kappa shape index (κ2) is 5.13. The van der Waals surface area contributed by atoms with Crippen molar-refractivity contribution in [3.63, 3.8) is 0 Å². The SMILES string of the molecule is CC(C)(C)c1ccc(C2CCCCC(=O)N2)cc1. The number of carbonyl (C=O) groups is 1. The molecule has 1 aliphatic heterocycles. The highest BCUT2D eigenvalue weighted by atomic mass is 16.1. The van der Waals surface area contributed by atoms with Crippen LogP contribution < -0.4 is 5.32 Å². The molecule has 98 valence electrons. The van der Waals surface area contributed by atoms with Gasteiger partial charge in [0.1, 0.15) is 0 Å². The van der Waals surface area contributed by atoms with Gasteiger partial charge in [-0.05, 0) is 29.4 Å². The van der Waals surface area contributed by atoms with Gasteiger partial charge in [0.2, 0.25) is 5.91 Å². The van der Waals surface area contributed by atoms with Crippen molar-refractivity contribution in [3.05, 3.63) is 35.4 Å². The smallest absolute Gasteiger partial charge is 0.220 e. The van der Waals surface area contributed by atoms with E-state index in [1.165, 1.54) is 11.1 Å². The summed E-state index contributed by atoms with van der Waals surface area (Å²) in [5, 5.41) is 3.11. The van der Waals surface area contributed by atoms with Crippen LogP contribution in [0.25, 0.3) is 0 Å². The highest BCUT2D eigenvalue weighted by Crippen LogP contribution is 2.27. The van der Waals surface area contributed by atoms with Crippen LogP contribution in [-0.4, -0.2) is 5.91 Å². The first-order valence-corrected chi connectivity index (χ1v) is 6.86. The molecule has 2 nitrogen and oxygen atoms in total. The predicted molar refractivity (Wildman–Crippen MR) is 74.5 cm³/mol. The van der Waals surface area contributed by atoms with Crippen LogP contribution in [0.3, 0.4) is 0 Å². The minimum absolute atomic E-state index is 0.186. The zero-order valence-corrected chi connectivity index (χ0v) is 11.6. The Morgan fingerprint density at radius 3 is 2.39 bits per heavy atom. The van der Waals surface area contributed by atoms with Gasteiger partial charge in [0.05, 0.1) is 6.04 Å². The van der Waals surface area contributed by atoms with E-state index < -0.39 is 0 Å². The van der Waals surface area contributed by atoms with Crippen LogP contribution >= 0.6 is 0 Å². The number of hydrogen-bond donors (Lipinski definition) is 1. The van der Waals surface area contributed by atoms with E-state index >= 15 is 0 Å². The van der Waals surface area contributed by atoms with Crippen molar-refractivity contribution in [2.24, 2.45) is 0 Å². The summed E-state index contributed by atoms with van der Waals surface area (Å²) in [4.78, 5) is 11.6. The molecule has 1 fully saturated rings. The number of benzene rings is 1. The number of hydrogen-bond acceptors (Lipinski definition) is 1. The maximum Gasteiger partial charge on any atom is 0.220 e. The summed E-state index contributed by atoms with van der Waals surface area (Å²) >= 11 is 0. The Hall–Kier alpha value is -1.31. The number of amides is 1. The minimum atomic E-state index is 0.186. The minimum Gasteiger partial charge on any atom is -0.349 e. The molecule has 0 aromatic heterocycles. The average molecular weight is 245 g/mol. The van der Waals surface area contributed by atoms with E-state index in [-0.39, 0.29) is 17.4 Å². The number of rotatable bonds is 1. The second-order valence-electron chi connectivity index (χ2n) is 6.24. The third kappa shape index (κ3) is 3.12. The molecule has 2 heteroatoms. The highest BCUT2D eigenvalue weighted by molar-refractivity contribution is 5.76. The van der Waals surface area contributed by atoms with Gasteiger partial charge in [-0.3, -0.25) is 4.79 Å². The van der Waals surface area contributed by atoms with Gasteiger partial charge in [-0.15, -0.1) is 0 Å². The van der Waals surface area contributed by atoms with Gasteiger partial charge in [-0.1, -0.05) is 51.5 Å². The quantitative estimate of drug-likeness (QED) is 0.802. The molecular weight excluding hydrogens is 222 g/mol. The van der Waals surface area contributed by atoms with E-state index in [0.717, 1.165) is 19.3 Å². The summed E-state index contributed by atoms with van der Waals surface area (Å²) in [6, 6.07) is 8.90. The molecular formula is C16H23NO. The normalized spacial score (nSPS) is 21.3. The van der Waals surface area contributed by atoms with E-state index in [0.29, 0.717) is 6.42 Å². The van der Waals surface area contributed by atoms with Gasteiger partial charge < -0.3 is 5.32 Å². The summed E-state index contributed by atoms with van der Waals surface area (Å²) in [6.45, 7) is 6.65. The number of nitrogens with one attached hydrogen (secondary N) is 1. The fraction of sp³-hybridized carbons (Fsp3) is 0.562. The zero-order chi connectivity index (χ0) is 13.2. The van der Waals surface area contributed by atoms with Crippen molar-refractivity contribution in [1.82, 2.24) is 5.32 Å². The molecule has 1 saturated heterocycles. The van der Waals surface area contributed by atoms with Crippen LogP contribution in [0, 0.1) is 0 Å². The molecule has 1 unspecified atom stereocenters. The van der Waals surface area contributed by atoms with Gasteiger partial charge in [0.25, 0.3) is 0 Å². The summed E-state index contributed by atoms with van der Waals surface area (Å²) < 4.78 is 0. The topological polar surface area (TPSA) is 29.1 Å². The maximum atomic E-state index is 11.6. The summed E-state index contributed by atoms with van der Waals surface area (Å²) in [7, 11) is 0. The molecule has 1 amide bonds. The number of carbonyl (C=O) groups excluding carboxylic acids is 1. The Kier molecular flexibility index (Phi) is 3.74. The van der Waals surface area contributed by atoms with Crippen molar-refractivity contribution in [1.29, 1.82) is 0 Å². The van der Waals surface area contributed by atoms with E-state index in [4.69, 9.17) is 0 Å². The summed E-state index contributed by atoms with van der Waals surface area (Å²) in [5.41, 5.74) is 2.76. The first-order chi connectivity index (χ1) is 8.47. The average Bonchev–Trinajstić information content (AvgIpc) is 2.53. The van der Waals surface area contributed by atoms with Crippen molar-refractivity contribution in [2.75, 3.05) is 0 Å². The van der Waals surface area contributed by atoms with Gasteiger partial charge in [-0.2, -0.15) is 0 Å². The first kappa shape index (κ1) is 13.1. The van der Waals surface area contributed by atoms with Gasteiger partial charge >= 0.3 is 0 Å². The lowest BCUT2D eigenvalue weighted by molar-refractivity contribution is -0.121. The molecule has 1 aliphatic rings.